The molecule has 0 saturated carbocycles. The summed E-state index contributed by atoms with van der Waals surface area (Å²) < 4.78 is 22.1. The van der Waals surface area contributed by atoms with Gasteiger partial charge in [-0.05, 0) is 24.6 Å². The third-order valence-corrected chi connectivity index (χ3v) is 3.74. The van der Waals surface area contributed by atoms with Crippen molar-refractivity contribution in [2.75, 3.05) is 43.7 Å². The van der Waals surface area contributed by atoms with Crippen molar-refractivity contribution < 1.29 is 13.2 Å². The number of anilines is 2. The summed E-state index contributed by atoms with van der Waals surface area (Å²) in [6, 6.07) is 5.01. The van der Waals surface area contributed by atoms with Crippen LogP contribution in [-0.4, -0.2) is 51.9 Å². The van der Waals surface area contributed by atoms with E-state index >= 15 is 0 Å². The summed E-state index contributed by atoms with van der Waals surface area (Å²) in [5, 5.41) is 3.06. The van der Waals surface area contributed by atoms with Crippen molar-refractivity contribution in [2.24, 2.45) is 0 Å². The number of nitrogen functional groups attached to an aromatic ring is 1. The Kier molecular flexibility index (Phi) is 5.38. The highest BCUT2D eigenvalue weighted by molar-refractivity contribution is 7.90. The highest BCUT2D eigenvalue weighted by Gasteiger charge is 2.10. The van der Waals surface area contributed by atoms with Crippen LogP contribution in [0, 0.1) is 0 Å². The van der Waals surface area contributed by atoms with Crippen LogP contribution >= 0.6 is 0 Å². The molecule has 0 aliphatic carbocycles. The molecule has 7 heteroatoms. The van der Waals surface area contributed by atoms with Crippen molar-refractivity contribution in [3.63, 3.8) is 0 Å². The normalized spacial score (nSPS) is 11.2. The number of nitrogens with zero attached hydrogens (tertiary/aromatic N) is 1. The molecular formula is C13H21N3O3S. The Balaban J connectivity index is 2.70. The van der Waals surface area contributed by atoms with Gasteiger partial charge in [0.05, 0.1) is 17.1 Å². The summed E-state index contributed by atoms with van der Waals surface area (Å²) in [7, 11) is 0.403. The van der Waals surface area contributed by atoms with E-state index in [0.29, 0.717) is 29.9 Å². The molecule has 6 nitrogen and oxygen atoms in total. The Hall–Kier alpha value is -1.76. The molecule has 0 saturated heterocycles. The van der Waals surface area contributed by atoms with E-state index in [4.69, 9.17) is 5.73 Å². The number of carbonyl (C=O) groups excluding carboxylic acids is 1. The van der Waals surface area contributed by atoms with E-state index in [1.165, 1.54) is 11.2 Å². The zero-order valence-corrected chi connectivity index (χ0v) is 12.8. The summed E-state index contributed by atoms with van der Waals surface area (Å²) in [6.45, 7) is 0.483. The zero-order valence-electron chi connectivity index (χ0n) is 12.0. The van der Waals surface area contributed by atoms with Gasteiger partial charge in [-0.25, -0.2) is 8.42 Å². The summed E-state index contributed by atoms with van der Waals surface area (Å²) >= 11 is 0. The summed E-state index contributed by atoms with van der Waals surface area (Å²) in [5.74, 6) is 0.0140. The van der Waals surface area contributed by atoms with Gasteiger partial charge in [0.15, 0.2) is 0 Å². The molecule has 0 radical (unpaired) electrons. The minimum atomic E-state index is -2.95. The summed E-state index contributed by atoms with van der Waals surface area (Å²) in [6.07, 6.45) is 1.70. The van der Waals surface area contributed by atoms with Crippen molar-refractivity contribution >= 4 is 27.1 Å². The molecule has 0 aromatic heterocycles. The van der Waals surface area contributed by atoms with Crippen LogP contribution < -0.4 is 11.1 Å². The van der Waals surface area contributed by atoms with Crippen LogP contribution in [0.15, 0.2) is 18.2 Å². The molecule has 112 valence electrons. The number of nitrogens with two attached hydrogens (primary N) is 1. The molecule has 1 aromatic rings. The lowest BCUT2D eigenvalue weighted by Gasteiger charge is -2.14. The van der Waals surface area contributed by atoms with Crippen LogP contribution in [0.25, 0.3) is 0 Å². The molecule has 0 unspecified atom stereocenters. The predicted molar refractivity (Wildman–Crippen MR) is 81.7 cm³/mol. The molecule has 0 heterocycles. The maximum Gasteiger partial charge on any atom is 0.253 e. The average molecular weight is 299 g/mol. The molecule has 0 aliphatic heterocycles. The van der Waals surface area contributed by atoms with Crippen LogP contribution in [-0.2, 0) is 9.84 Å². The van der Waals surface area contributed by atoms with Crippen molar-refractivity contribution in [3.05, 3.63) is 23.8 Å². The van der Waals surface area contributed by atoms with Gasteiger partial charge in [-0.2, -0.15) is 0 Å². The van der Waals surface area contributed by atoms with E-state index < -0.39 is 9.84 Å². The molecule has 1 rings (SSSR count). The first-order valence-corrected chi connectivity index (χ1v) is 8.29. The number of benzene rings is 1. The second-order valence-corrected chi connectivity index (χ2v) is 7.17. The molecule has 0 spiro atoms. The molecule has 0 aliphatic rings. The van der Waals surface area contributed by atoms with Gasteiger partial charge in [-0.15, -0.1) is 0 Å². The fourth-order valence-corrected chi connectivity index (χ4v) is 2.33. The highest BCUT2D eigenvalue weighted by Crippen LogP contribution is 2.20. The second kappa shape index (κ2) is 6.60. The Labute approximate surface area is 119 Å². The Morgan fingerprint density at radius 2 is 2.00 bits per heavy atom. The number of amides is 1. The van der Waals surface area contributed by atoms with Gasteiger partial charge in [0.2, 0.25) is 0 Å². The molecule has 0 fully saturated rings. The first-order valence-electron chi connectivity index (χ1n) is 6.23. The molecule has 1 amide bonds. The fraction of sp³-hybridized carbons (Fsp3) is 0.462. The number of sulfone groups is 1. The quantitative estimate of drug-likeness (QED) is 0.599. The highest BCUT2D eigenvalue weighted by atomic mass is 32.2. The largest absolute Gasteiger partial charge is 0.397 e. The van der Waals surface area contributed by atoms with Crippen LogP contribution in [0.1, 0.15) is 16.8 Å². The maximum atomic E-state index is 11.8. The lowest BCUT2D eigenvalue weighted by molar-refractivity contribution is 0.0827. The minimum absolute atomic E-state index is 0.107. The van der Waals surface area contributed by atoms with Crippen LogP contribution in [0.4, 0.5) is 11.4 Å². The van der Waals surface area contributed by atoms with Crippen molar-refractivity contribution in [2.45, 2.75) is 6.42 Å². The van der Waals surface area contributed by atoms with Crippen LogP contribution in [0.2, 0.25) is 0 Å². The van der Waals surface area contributed by atoms with Gasteiger partial charge < -0.3 is 16.0 Å². The Morgan fingerprint density at radius 3 is 2.55 bits per heavy atom. The predicted octanol–water partition coefficient (Wildman–Crippen LogP) is 0.817. The van der Waals surface area contributed by atoms with Gasteiger partial charge in [0, 0.05) is 32.5 Å². The van der Waals surface area contributed by atoms with Gasteiger partial charge in [-0.1, -0.05) is 0 Å². The minimum Gasteiger partial charge on any atom is -0.397 e. The van der Waals surface area contributed by atoms with E-state index in [1.54, 1.807) is 32.3 Å². The second-order valence-electron chi connectivity index (χ2n) is 4.91. The van der Waals surface area contributed by atoms with E-state index in [1.807, 2.05) is 0 Å². The third-order valence-electron chi connectivity index (χ3n) is 2.71. The van der Waals surface area contributed by atoms with Crippen LogP contribution in [0.5, 0.6) is 0 Å². The lowest BCUT2D eigenvalue weighted by Crippen LogP contribution is -2.22. The molecule has 20 heavy (non-hydrogen) atoms. The van der Waals surface area contributed by atoms with E-state index in [9.17, 15) is 13.2 Å². The molecule has 1 aromatic carbocycles. The van der Waals surface area contributed by atoms with E-state index in [-0.39, 0.29) is 11.7 Å². The Bertz CT molecular complexity index is 583. The molecule has 0 bridgehead atoms. The number of hydrogen-bond acceptors (Lipinski definition) is 5. The van der Waals surface area contributed by atoms with Gasteiger partial charge in [-0.3, -0.25) is 4.79 Å². The fourth-order valence-electron chi connectivity index (χ4n) is 1.66. The summed E-state index contributed by atoms with van der Waals surface area (Å²) in [4.78, 5) is 13.3. The number of nitrogens with one attached hydrogen (secondary N) is 1. The molecular weight excluding hydrogens is 278 g/mol. The number of carbonyl (C=O) groups is 1. The van der Waals surface area contributed by atoms with E-state index in [2.05, 4.69) is 5.32 Å². The van der Waals surface area contributed by atoms with Crippen LogP contribution in [0.3, 0.4) is 0 Å². The van der Waals surface area contributed by atoms with Gasteiger partial charge in [0.1, 0.15) is 9.84 Å². The third kappa shape index (κ3) is 5.08. The first kappa shape index (κ1) is 16.3. The summed E-state index contributed by atoms with van der Waals surface area (Å²) in [5.41, 5.74) is 7.54. The SMILES string of the molecule is CN(C)C(=O)c1ccc(N)c(NCCCS(C)(=O)=O)c1. The first-order chi connectivity index (χ1) is 9.20. The molecule has 3 N–H and O–H groups in total. The van der Waals surface area contributed by atoms with Gasteiger partial charge >= 0.3 is 0 Å². The molecule has 0 atom stereocenters. The number of hydrogen-bond donors (Lipinski definition) is 2. The van der Waals surface area contributed by atoms with Crippen molar-refractivity contribution in [1.29, 1.82) is 0 Å². The topological polar surface area (TPSA) is 92.5 Å². The standard InChI is InChI=1S/C13H21N3O3S/c1-16(2)13(17)10-5-6-11(14)12(9-10)15-7-4-8-20(3,18)19/h5-6,9,15H,4,7-8,14H2,1-3H3. The van der Waals surface area contributed by atoms with Gasteiger partial charge in [0.25, 0.3) is 5.91 Å². The average Bonchev–Trinajstić information content (AvgIpc) is 2.34. The Morgan fingerprint density at radius 1 is 1.35 bits per heavy atom. The van der Waals surface area contributed by atoms with E-state index in [0.717, 1.165) is 0 Å². The lowest BCUT2D eigenvalue weighted by atomic mass is 10.1. The smallest absolute Gasteiger partial charge is 0.253 e. The zero-order chi connectivity index (χ0) is 15.3. The maximum absolute atomic E-state index is 11.8. The number of rotatable bonds is 6. The van der Waals surface area contributed by atoms with Crippen molar-refractivity contribution in [1.82, 2.24) is 4.90 Å². The van der Waals surface area contributed by atoms with Crippen molar-refractivity contribution in [3.8, 4) is 0 Å². The monoisotopic (exact) mass is 299 g/mol.